The number of primary amides is 1. The fourth-order valence-electron chi connectivity index (χ4n) is 6.14. The Labute approximate surface area is 224 Å². The van der Waals surface area contributed by atoms with Gasteiger partial charge in [-0.25, -0.2) is 0 Å². The maximum atomic E-state index is 14.0. The van der Waals surface area contributed by atoms with E-state index in [-0.39, 0.29) is 36.2 Å². The van der Waals surface area contributed by atoms with Crippen LogP contribution in [0.3, 0.4) is 0 Å². The van der Waals surface area contributed by atoms with Crippen molar-refractivity contribution in [2.75, 3.05) is 52.0 Å². The summed E-state index contributed by atoms with van der Waals surface area (Å²) in [5.41, 5.74) is 2.44. The molecule has 0 spiro atoms. The number of nitrogens with zero attached hydrogens (tertiary/aromatic N) is 2. The highest BCUT2D eigenvalue weighted by molar-refractivity contribution is 6.24. The second-order valence-corrected chi connectivity index (χ2v) is 10.6. The molecule has 0 unspecified atom stereocenters. The Morgan fingerprint density at radius 2 is 1.79 bits per heavy atom. The summed E-state index contributed by atoms with van der Waals surface area (Å²) in [7, 11) is 8.14. The minimum atomic E-state index is -2.72. The number of hydrogen-bond acceptors (Lipinski definition) is 11. The highest BCUT2D eigenvalue weighted by Crippen LogP contribution is 2.54. The Balaban J connectivity index is 1.97. The van der Waals surface area contributed by atoms with Crippen LogP contribution in [-0.2, 0) is 25.6 Å². The van der Waals surface area contributed by atoms with Crippen molar-refractivity contribution in [3.05, 3.63) is 34.1 Å². The first-order valence-electron chi connectivity index (χ1n) is 12.3. The third-order valence-corrected chi connectivity index (χ3v) is 7.79. The van der Waals surface area contributed by atoms with Crippen LogP contribution in [0.4, 0.5) is 11.4 Å². The summed E-state index contributed by atoms with van der Waals surface area (Å²) in [5, 5.41) is 50.5. The van der Waals surface area contributed by atoms with E-state index in [0.717, 1.165) is 0 Å². The van der Waals surface area contributed by atoms with Gasteiger partial charge in [-0.05, 0) is 51.5 Å². The summed E-state index contributed by atoms with van der Waals surface area (Å²) < 4.78 is 0. The summed E-state index contributed by atoms with van der Waals surface area (Å²) in [5.74, 6) is -7.78. The van der Waals surface area contributed by atoms with Crippen molar-refractivity contribution in [2.45, 2.75) is 24.5 Å². The van der Waals surface area contributed by atoms with E-state index in [2.05, 4.69) is 10.6 Å². The van der Waals surface area contributed by atoms with E-state index in [0.29, 0.717) is 11.3 Å². The maximum absolute atomic E-state index is 14.0. The van der Waals surface area contributed by atoms with Crippen LogP contribution in [0, 0.1) is 11.8 Å². The molecule has 3 aliphatic rings. The molecule has 1 saturated carbocycles. The second kappa shape index (κ2) is 9.67. The molecule has 13 nitrogen and oxygen atoms in total. The summed E-state index contributed by atoms with van der Waals surface area (Å²) in [4.78, 5) is 54.7. The number of nitrogens with one attached hydrogen (secondary N) is 2. The lowest BCUT2D eigenvalue weighted by molar-refractivity contribution is -0.153. The smallest absolute Gasteiger partial charge is 0.255 e. The molecular formula is C26H33N5O8. The maximum Gasteiger partial charge on any atom is 0.255 e. The van der Waals surface area contributed by atoms with Crippen molar-refractivity contribution in [1.82, 2.24) is 10.2 Å². The molecule has 0 heterocycles. The van der Waals surface area contributed by atoms with Crippen LogP contribution in [0.1, 0.15) is 17.5 Å². The van der Waals surface area contributed by atoms with E-state index >= 15 is 0 Å². The fourth-order valence-corrected chi connectivity index (χ4v) is 6.14. The molecule has 0 radical (unpaired) electrons. The molecule has 0 aromatic heterocycles. The average molecular weight is 544 g/mol. The number of ketones is 2. The van der Waals surface area contributed by atoms with Gasteiger partial charge in [0.15, 0.2) is 11.4 Å². The van der Waals surface area contributed by atoms with E-state index in [1.807, 2.05) is 0 Å². The Hall–Kier alpha value is -3.94. The van der Waals surface area contributed by atoms with Gasteiger partial charge in [0, 0.05) is 31.3 Å². The minimum absolute atomic E-state index is 0.00200. The molecular weight excluding hydrogens is 510 g/mol. The molecule has 8 N–H and O–H groups in total. The number of aliphatic hydroxyl groups is 3. The van der Waals surface area contributed by atoms with Crippen molar-refractivity contribution < 1.29 is 39.6 Å². The number of hydrogen-bond donors (Lipinski definition) is 7. The van der Waals surface area contributed by atoms with Crippen LogP contribution in [0.2, 0.25) is 0 Å². The highest BCUT2D eigenvalue weighted by atomic mass is 16.3. The molecule has 39 heavy (non-hydrogen) atoms. The second-order valence-electron chi connectivity index (χ2n) is 10.6. The van der Waals surface area contributed by atoms with E-state index in [9.17, 15) is 39.6 Å². The molecule has 0 saturated heterocycles. The molecule has 0 aliphatic heterocycles. The molecule has 210 valence electrons. The first-order chi connectivity index (χ1) is 18.2. The van der Waals surface area contributed by atoms with Crippen LogP contribution < -0.4 is 21.3 Å². The number of likely N-dealkylation sites (N-methyl/N-ethyl adjacent to an activating group) is 2. The third kappa shape index (κ3) is 4.04. The summed E-state index contributed by atoms with van der Waals surface area (Å²) in [6.07, 6.45) is 0.125. The predicted octanol–water partition coefficient (Wildman–Crippen LogP) is -0.812. The number of carbonyl (C=O) groups is 4. The first-order valence-corrected chi connectivity index (χ1v) is 12.3. The molecule has 1 aromatic carbocycles. The van der Waals surface area contributed by atoms with Crippen molar-refractivity contribution in [2.24, 2.45) is 17.6 Å². The van der Waals surface area contributed by atoms with Gasteiger partial charge < -0.3 is 41.7 Å². The number of Topliss-reactive ketones (excluding diaryl/α,β-unsaturated/α-hetero) is 2. The van der Waals surface area contributed by atoms with Crippen molar-refractivity contribution in [1.29, 1.82) is 0 Å². The third-order valence-electron chi connectivity index (χ3n) is 7.79. The molecule has 1 aromatic rings. The topological polar surface area (TPSA) is 206 Å². The molecule has 2 amide bonds. The number of nitrogens with two attached hydrogens (primary N) is 1. The molecule has 0 bridgehead atoms. The zero-order valence-corrected chi connectivity index (χ0v) is 22.3. The summed E-state index contributed by atoms with van der Waals surface area (Å²) in [6, 6.07) is 0.399. The number of aliphatic hydroxyl groups excluding tert-OH is 2. The summed E-state index contributed by atoms with van der Waals surface area (Å²) in [6.45, 7) is -0.0462. The SMILES string of the molecule is CNCC(=O)Nc1cc(N(C)C)c2c(c1O)C(O)=C1C(=O)[C@]3(O)C(O)=C(C(N)=O)C(=O)[C@@H](N(C)C)[C@@H]3C[C@@H]1C2. The molecule has 13 heteroatoms. The Bertz CT molecular complexity index is 1360. The molecule has 1 fully saturated rings. The highest BCUT2D eigenvalue weighted by Gasteiger charge is 2.64. The lowest BCUT2D eigenvalue weighted by Gasteiger charge is -2.50. The standard InChI is InChI=1S/C26H33N5O8/c1-28-9-15(32)29-13-8-14(30(2)3)11-6-10-7-12-19(31(4)5)22(35)18(25(27)38)24(37)26(12,39)23(36)16(10)21(34)17(11)20(13)33/h8,10,12,19,28,33-34,37,39H,6-7,9H2,1-5H3,(H2,27,38)(H,29,32)/t10-,12-,19-,26-/m0/s1. The number of anilines is 2. The van der Waals surface area contributed by atoms with Gasteiger partial charge in [0.25, 0.3) is 5.91 Å². The first kappa shape index (κ1) is 28.1. The number of carbonyl (C=O) groups excluding carboxylic acids is 4. The van der Waals surface area contributed by atoms with E-state index < -0.39 is 69.7 Å². The Morgan fingerprint density at radius 1 is 1.15 bits per heavy atom. The van der Waals surface area contributed by atoms with Crippen LogP contribution >= 0.6 is 0 Å². The normalized spacial score (nSPS) is 26.3. The zero-order chi connectivity index (χ0) is 29.1. The molecule has 4 atom stereocenters. The van der Waals surface area contributed by atoms with Crippen molar-refractivity contribution >= 4 is 40.5 Å². The predicted molar refractivity (Wildman–Crippen MR) is 141 cm³/mol. The number of aromatic hydroxyl groups is 1. The number of amides is 2. The van der Waals surface area contributed by atoms with Gasteiger partial charge in [0.05, 0.1) is 23.8 Å². The van der Waals surface area contributed by atoms with E-state index in [1.165, 1.54) is 4.90 Å². The number of benzene rings is 1. The summed E-state index contributed by atoms with van der Waals surface area (Å²) >= 11 is 0. The van der Waals surface area contributed by atoms with Gasteiger partial charge in [0.1, 0.15) is 22.8 Å². The van der Waals surface area contributed by atoms with Crippen LogP contribution in [0.5, 0.6) is 5.75 Å². The van der Waals surface area contributed by atoms with Gasteiger partial charge in [-0.15, -0.1) is 0 Å². The number of phenols is 1. The Kier molecular flexibility index (Phi) is 6.96. The van der Waals surface area contributed by atoms with E-state index in [1.54, 1.807) is 46.2 Å². The van der Waals surface area contributed by atoms with E-state index in [4.69, 9.17) is 5.73 Å². The lowest BCUT2D eigenvalue weighted by Crippen LogP contribution is -2.65. The Morgan fingerprint density at radius 3 is 2.33 bits per heavy atom. The monoisotopic (exact) mass is 543 g/mol. The minimum Gasteiger partial charge on any atom is -0.508 e. The quantitative estimate of drug-likeness (QED) is 0.174. The van der Waals surface area contributed by atoms with Gasteiger partial charge >= 0.3 is 0 Å². The largest absolute Gasteiger partial charge is 0.508 e. The van der Waals surface area contributed by atoms with Gasteiger partial charge in [0.2, 0.25) is 11.7 Å². The molecule has 4 rings (SSSR count). The van der Waals surface area contributed by atoms with Crippen LogP contribution in [0.25, 0.3) is 5.76 Å². The lowest BCUT2D eigenvalue weighted by atomic mass is 9.57. The average Bonchev–Trinajstić information content (AvgIpc) is 2.82. The van der Waals surface area contributed by atoms with Gasteiger partial charge in [-0.2, -0.15) is 0 Å². The number of fused-ring (bicyclic) bond motifs is 3. The zero-order valence-electron chi connectivity index (χ0n) is 22.3. The number of rotatable bonds is 6. The van der Waals surface area contributed by atoms with Crippen molar-refractivity contribution in [3.8, 4) is 5.75 Å². The van der Waals surface area contributed by atoms with Crippen molar-refractivity contribution in [3.63, 3.8) is 0 Å². The number of phenolic OH excluding ortho intramolecular Hbond substituents is 1. The fraction of sp³-hybridized carbons (Fsp3) is 0.462. The van der Waals surface area contributed by atoms with Gasteiger partial charge in [-0.1, -0.05) is 0 Å². The van der Waals surface area contributed by atoms with Gasteiger partial charge in [-0.3, -0.25) is 24.1 Å². The van der Waals surface area contributed by atoms with Crippen LogP contribution in [0.15, 0.2) is 23.0 Å². The molecule has 3 aliphatic carbocycles. The van der Waals surface area contributed by atoms with Crippen LogP contribution in [-0.4, -0.2) is 102 Å².